The van der Waals surface area contributed by atoms with E-state index in [2.05, 4.69) is 5.43 Å². The Kier molecular flexibility index (Phi) is 4.20. The molecule has 3 N–H and O–H groups in total. The Balaban J connectivity index is 2.56. The molecule has 0 aliphatic heterocycles. The van der Waals surface area contributed by atoms with E-state index in [9.17, 15) is 4.39 Å². The highest BCUT2D eigenvalue weighted by molar-refractivity contribution is 6.30. The Labute approximate surface area is 117 Å². The van der Waals surface area contributed by atoms with Gasteiger partial charge in [0.2, 0.25) is 0 Å². The van der Waals surface area contributed by atoms with Crippen molar-refractivity contribution < 1.29 is 4.39 Å². The first-order valence-corrected chi connectivity index (χ1v) is 6.39. The average Bonchev–Trinajstić information content (AvgIpc) is 2.39. The third-order valence-corrected chi connectivity index (χ3v) is 3.63. The number of hydrazine groups is 1. The number of halogens is 2. The molecule has 0 saturated heterocycles. The van der Waals surface area contributed by atoms with Crippen LogP contribution in [-0.4, -0.2) is 0 Å². The first-order valence-electron chi connectivity index (χ1n) is 6.01. The Morgan fingerprint density at radius 3 is 2.58 bits per heavy atom. The van der Waals surface area contributed by atoms with Gasteiger partial charge in [-0.25, -0.2) is 9.82 Å². The van der Waals surface area contributed by atoms with Crippen molar-refractivity contribution in [3.05, 3.63) is 69.5 Å². The molecule has 0 aromatic heterocycles. The minimum Gasteiger partial charge on any atom is -0.271 e. The molecule has 1 atom stereocenters. The van der Waals surface area contributed by atoms with Crippen LogP contribution in [0.4, 0.5) is 4.39 Å². The van der Waals surface area contributed by atoms with E-state index in [1.807, 2.05) is 32.0 Å². The van der Waals surface area contributed by atoms with E-state index in [0.29, 0.717) is 10.6 Å². The summed E-state index contributed by atoms with van der Waals surface area (Å²) in [5, 5.41) is 0.488. The van der Waals surface area contributed by atoms with Crippen LogP contribution in [-0.2, 0) is 0 Å². The average molecular weight is 279 g/mol. The van der Waals surface area contributed by atoms with Gasteiger partial charge in [0.15, 0.2) is 0 Å². The highest BCUT2D eigenvalue weighted by atomic mass is 35.5. The summed E-state index contributed by atoms with van der Waals surface area (Å²) >= 11 is 5.94. The zero-order chi connectivity index (χ0) is 14.0. The lowest BCUT2D eigenvalue weighted by atomic mass is 9.93. The van der Waals surface area contributed by atoms with Gasteiger partial charge in [0, 0.05) is 10.6 Å². The van der Waals surface area contributed by atoms with Gasteiger partial charge in [0.05, 0.1) is 6.04 Å². The fourth-order valence-corrected chi connectivity index (χ4v) is 2.35. The fourth-order valence-electron chi connectivity index (χ4n) is 2.17. The van der Waals surface area contributed by atoms with Crippen LogP contribution in [0.1, 0.15) is 28.3 Å². The number of nitrogens with one attached hydrogen (secondary N) is 1. The molecule has 2 aromatic rings. The van der Waals surface area contributed by atoms with Crippen LogP contribution in [0, 0.1) is 19.7 Å². The molecule has 0 saturated carbocycles. The van der Waals surface area contributed by atoms with Crippen LogP contribution < -0.4 is 11.3 Å². The maximum atomic E-state index is 14.0. The van der Waals surface area contributed by atoms with Crippen molar-refractivity contribution >= 4 is 11.6 Å². The van der Waals surface area contributed by atoms with Crippen LogP contribution in [0.3, 0.4) is 0 Å². The largest absolute Gasteiger partial charge is 0.271 e. The topological polar surface area (TPSA) is 38.0 Å². The number of aryl methyl sites for hydroxylation is 1. The minimum atomic E-state index is -0.418. The van der Waals surface area contributed by atoms with Crippen LogP contribution >= 0.6 is 11.6 Å². The summed E-state index contributed by atoms with van der Waals surface area (Å²) in [6.45, 7) is 4.01. The molecule has 0 heterocycles. The predicted octanol–water partition coefficient (Wildman–Crippen LogP) is 3.65. The van der Waals surface area contributed by atoms with Crippen molar-refractivity contribution in [3.63, 3.8) is 0 Å². The number of rotatable bonds is 3. The molecule has 0 aliphatic rings. The number of benzene rings is 2. The van der Waals surface area contributed by atoms with Crippen molar-refractivity contribution in [1.82, 2.24) is 5.43 Å². The number of hydrogen-bond acceptors (Lipinski definition) is 2. The SMILES string of the molecule is Cc1cccc(C(NN)c2cc(Cl)ccc2F)c1C. The number of hydrogen-bond donors (Lipinski definition) is 2. The van der Waals surface area contributed by atoms with E-state index in [0.717, 1.165) is 16.7 Å². The molecule has 2 nitrogen and oxygen atoms in total. The van der Waals surface area contributed by atoms with E-state index in [-0.39, 0.29) is 5.82 Å². The zero-order valence-electron chi connectivity index (χ0n) is 10.9. The molecule has 0 spiro atoms. The summed E-state index contributed by atoms with van der Waals surface area (Å²) in [4.78, 5) is 0. The maximum Gasteiger partial charge on any atom is 0.128 e. The van der Waals surface area contributed by atoms with Crippen LogP contribution in [0.25, 0.3) is 0 Å². The predicted molar refractivity (Wildman–Crippen MR) is 76.5 cm³/mol. The molecule has 2 aromatic carbocycles. The van der Waals surface area contributed by atoms with Crippen molar-refractivity contribution in [2.45, 2.75) is 19.9 Å². The first-order chi connectivity index (χ1) is 9.04. The van der Waals surface area contributed by atoms with Gasteiger partial charge in [-0.05, 0) is 48.7 Å². The maximum absolute atomic E-state index is 14.0. The monoisotopic (exact) mass is 278 g/mol. The minimum absolute atomic E-state index is 0.326. The van der Waals surface area contributed by atoms with E-state index in [1.165, 1.54) is 12.1 Å². The van der Waals surface area contributed by atoms with Crippen molar-refractivity contribution in [2.75, 3.05) is 0 Å². The van der Waals surface area contributed by atoms with Gasteiger partial charge in [-0.2, -0.15) is 0 Å². The normalized spacial score (nSPS) is 12.5. The Bertz CT molecular complexity index is 597. The molecule has 0 aliphatic carbocycles. The van der Waals surface area contributed by atoms with Gasteiger partial charge < -0.3 is 0 Å². The van der Waals surface area contributed by atoms with E-state index >= 15 is 0 Å². The molecule has 0 fully saturated rings. The summed E-state index contributed by atoms with van der Waals surface area (Å²) in [5.74, 6) is 5.29. The Morgan fingerprint density at radius 1 is 1.16 bits per heavy atom. The quantitative estimate of drug-likeness (QED) is 0.664. The summed E-state index contributed by atoms with van der Waals surface area (Å²) in [7, 11) is 0. The first kappa shape index (κ1) is 14.0. The van der Waals surface area contributed by atoms with Gasteiger partial charge in [-0.1, -0.05) is 29.8 Å². The molecular formula is C15H16ClFN2. The van der Waals surface area contributed by atoms with Crippen molar-refractivity contribution in [3.8, 4) is 0 Å². The fraction of sp³-hybridized carbons (Fsp3) is 0.200. The molecule has 0 radical (unpaired) electrons. The summed E-state index contributed by atoms with van der Waals surface area (Å²) in [5.41, 5.74) is 6.29. The molecule has 1 unspecified atom stereocenters. The highest BCUT2D eigenvalue weighted by Crippen LogP contribution is 2.29. The molecule has 19 heavy (non-hydrogen) atoms. The second kappa shape index (κ2) is 5.70. The molecule has 0 bridgehead atoms. The molecule has 0 amide bonds. The second-order valence-corrected chi connectivity index (χ2v) is 4.99. The van der Waals surface area contributed by atoms with E-state index in [4.69, 9.17) is 17.4 Å². The third-order valence-electron chi connectivity index (χ3n) is 3.39. The van der Waals surface area contributed by atoms with Gasteiger partial charge in [-0.3, -0.25) is 5.84 Å². The Morgan fingerprint density at radius 2 is 1.89 bits per heavy atom. The molecular weight excluding hydrogens is 263 g/mol. The van der Waals surface area contributed by atoms with Gasteiger partial charge in [0.25, 0.3) is 0 Å². The smallest absolute Gasteiger partial charge is 0.128 e. The lowest BCUT2D eigenvalue weighted by molar-refractivity contribution is 0.559. The lowest BCUT2D eigenvalue weighted by Crippen LogP contribution is -2.30. The van der Waals surface area contributed by atoms with E-state index in [1.54, 1.807) is 6.07 Å². The third kappa shape index (κ3) is 2.78. The second-order valence-electron chi connectivity index (χ2n) is 4.55. The van der Waals surface area contributed by atoms with Crippen LogP contribution in [0.15, 0.2) is 36.4 Å². The van der Waals surface area contributed by atoms with Gasteiger partial charge in [0.1, 0.15) is 5.82 Å². The summed E-state index contributed by atoms with van der Waals surface area (Å²) < 4.78 is 14.0. The van der Waals surface area contributed by atoms with Crippen LogP contribution in [0.5, 0.6) is 0 Å². The van der Waals surface area contributed by atoms with Gasteiger partial charge >= 0.3 is 0 Å². The molecule has 2 rings (SSSR count). The zero-order valence-corrected chi connectivity index (χ0v) is 11.6. The van der Waals surface area contributed by atoms with Crippen molar-refractivity contribution in [2.24, 2.45) is 5.84 Å². The van der Waals surface area contributed by atoms with Gasteiger partial charge in [-0.15, -0.1) is 0 Å². The summed E-state index contributed by atoms with van der Waals surface area (Å²) in [6, 6.07) is 9.95. The highest BCUT2D eigenvalue weighted by Gasteiger charge is 2.19. The Hall–Kier alpha value is -1.42. The van der Waals surface area contributed by atoms with Crippen molar-refractivity contribution in [1.29, 1.82) is 0 Å². The van der Waals surface area contributed by atoms with Crippen LogP contribution in [0.2, 0.25) is 5.02 Å². The van der Waals surface area contributed by atoms with E-state index < -0.39 is 6.04 Å². The molecule has 4 heteroatoms. The molecule has 100 valence electrons. The summed E-state index contributed by atoms with van der Waals surface area (Å²) in [6.07, 6.45) is 0. The lowest BCUT2D eigenvalue weighted by Gasteiger charge is -2.21. The standard InChI is InChI=1S/C15H16ClFN2/c1-9-4-3-5-12(10(9)2)15(19-18)13-8-11(16)6-7-14(13)17/h3-8,15,19H,18H2,1-2H3. The number of nitrogens with two attached hydrogens (primary N) is 1.